The number of ketones is 1. The van der Waals surface area contributed by atoms with Crippen LogP contribution in [0.25, 0.3) is 0 Å². The SMILES string of the molecule is CC(=O)O[C@H]1C(=O)[C@]2(C)[C@H](O)C[C@H]3OC[C@@]3(OC(C)=O)[C@H]2[C@H](OC(=O)c2ccccc2)[C@]2(O)C[C@H](OC(=O)[C@H](O)C3CC3NC(=O)c3ccccc3)C(C)=C1C2(C)C. The molecule has 0 aromatic heterocycles. The number of hydrogen-bond acceptors (Lipinski definition) is 14. The molecule has 1 heterocycles. The van der Waals surface area contributed by atoms with Gasteiger partial charge in [-0.2, -0.15) is 0 Å². The Morgan fingerprint density at radius 1 is 0.879 bits per heavy atom. The highest BCUT2D eigenvalue weighted by molar-refractivity contribution is 5.96. The molecule has 7 rings (SSSR count). The number of hydrogen-bond donors (Lipinski definition) is 4. The summed E-state index contributed by atoms with van der Waals surface area (Å²) in [6, 6.07) is 15.8. The molecule has 0 radical (unpaired) electrons. The lowest BCUT2D eigenvalue weighted by atomic mass is 9.44. The van der Waals surface area contributed by atoms with E-state index < -0.39 is 113 Å². The number of ether oxygens (including phenoxy) is 5. The molecule has 4 N–H and O–H groups in total. The summed E-state index contributed by atoms with van der Waals surface area (Å²) in [4.78, 5) is 81.8. The van der Waals surface area contributed by atoms with E-state index in [1.54, 1.807) is 69.3 Å². The smallest absolute Gasteiger partial charge is 0.338 e. The Bertz CT molecular complexity index is 2050. The van der Waals surface area contributed by atoms with Crippen molar-refractivity contribution in [3.63, 3.8) is 0 Å². The Hall–Kier alpha value is -4.96. The van der Waals surface area contributed by atoms with Gasteiger partial charge in [0.15, 0.2) is 23.6 Å². The van der Waals surface area contributed by atoms with Crippen LogP contribution in [-0.2, 0) is 42.9 Å². The molecule has 58 heavy (non-hydrogen) atoms. The quantitative estimate of drug-likeness (QED) is 0.163. The average Bonchev–Trinajstić information content (AvgIpc) is 3.94. The third kappa shape index (κ3) is 6.52. The Kier molecular flexibility index (Phi) is 10.4. The minimum absolute atomic E-state index is 0.0364. The predicted octanol–water partition coefficient (Wildman–Crippen LogP) is 2.38. The topological polar surface area (TPSA) is 221 Å². The van der Waals surface area contributed by atoms with Crippen molar-refractivity contribution in [2.45, 2.75) is 115 Å². The summed E-state index contributed by atoms with van der Waals surface area (Å²) in [5, 5.41) is 39.5. The number of amides is 1. The van der Waals surface area contributed by atoms with Gasteiger partial charge in [0.2, 0.25) is 0 Å². The molecular formula is C43H49NO14. The second kappa shape index (κ2) is 14.7. The van der Waals surface area contributed by atoms with Crippen LogP contribution in [0.1, 0.15) is 81.5 Å². The minimum atomic E-state index is -2.33. The van der Waals surface area contributed by atoms with Gasteiger partial charge in [-0.05, 0) is 55.7 Å². The number of aliphatic hydroxyl groups excluding tert-OH is 2. The van der Waals surface area contributed by atoms with Crippen LogP contribution < -0.4 is 5.32 Å². The standard InChI is InChI=1S/C43H49NO14/c1-21-28(56-39(52)32(48)26-17-27(26)44-37(50)24-13-9-7-10-14-24)19-43(53)36(57-38(51)25-15-11-8-12-16-25)34-41(6,29(47)18-30-42(34,20-54-30)58-23(3)46)35(49)33(55-22(2)45)31(21)40(43,4)5/h7-16,26-30,32-34,36,47-48,53H,17-20H2,1-6H3,(H,44,50)/t26?,27?,28-,29+,30+,32+,33+,34-,36-,41+,42-,43+/m0/s1. The molecule has 4 fully saturated rings. The Labute approximate surface area is 335 Å². The number of fused-ring (bicyclic) bond motifs is 5. The van der Waals surface area contributed by atoms with Crippen LogP contribution >= 0.6 is 0 Å². The lowest BCUT2D eigenvalue weighted by Crippen LogP contribution is -2.82. The van der Waals surface area contributed by atoms with Crippen molar-refractivity contribution >= 4 is 35.6 Å². The van der Waals surface area contributed by atoms with Gasteiger partial charge in [-0.15, -0.1) is 0 Å². The van der Waals surface area contributed by atoms with Crippen molar-refractivity contribution < 1.29 is 67.8 Å². The molecule has 4 aliphatic carbocycles. The maximum atomic E-state index is 15.3. The molecule has 2 aromatic rings. The van der Waals surface area contributed by atoms with Crippen molar-refractivity contribution in [3.05, 3.63) is 82.9 Å². The van der Waals surface area contributed by atoms with Crippen molar-refractivity contribution in [1.29, 1.82) is 0 Å². The zero-order valence-corrected chi connectivity index (χ0v) is 33.1. The van der Waals surface area contributed by atoms with Crippen LogP contribution in [0.4, 0.5) is 0 Å². The Balaban J connectivity index is 1.33. The summed E-state index contributed by atoms with van der Waals surface area (Å²) in [6.45, 7) is 8.07. The molecular weight excluding hydrogens is 754 g/mol. The number of rotatable bonds is 9. The van der Waals surface area contributed by atoms with Gasteiger partial charge < -0.3 is 44.3 Å². The van der Waals surface area contributed by atoms with E-state index in [-0.39, 0.29) is 42.1 Å². The van der Waals surface area contributed by atoms with Crippen LogP contribution in [0.3, 0.4) is 0 Å². The summed E-state index contributed by atoms with van der Waals surface area (Å²) in [5.41, 5.74) is -6.95. The maximum Gasteiger partial charge on any atom is 0.338 e. The molecule has 1 saturated heterocycles. The van der Waals surface area contributed by atoms with Gasteiger partial charge in [-0.3, -0.25) is 19.2 Å². The first-order valence-electron chi connectivity index (χ1n) is 19.4. The Morgan fingerprint density at radius 3 is 2.07 bits per heavy atom. The molecule has 3 saturated carbocycles. The van der Waals surface area contributed by atoms with E-state index >= 15 is 4.79 Å². The van der Waals surface area contributed by atoms with Gasteiger partial charge >= 0.3 is 23.9 Å². The Morgan fingerprint density at radius 2 is 1.50 bits per heavy atom. The number of carbonyl (C=O) groups is 6. The molecule has 15 nitrogen and oxygen atoms in total. The molecule has 15 heteroatoms. The molecule has 310 valence electrons. The number of nitrogens with one attached hydrogen (secondary N) is 1. The monoisotopic (exact) mass is 803 g/mol. The van der Waals surface area contributed by atoms with E-state index in [2.05, 4.69) is 5.32 Å². The van der Waals surface area contributed by atoms with Gasteiger partial charge in [0.25, 0.3) is 5.91 Å². The first-order valence-corrected chi connectivity index (χ1v) is 19.4. The molecule has 2 unspecified atom stereocenters. The number of aliphatic hydroxyl groups is 3. The zero-order valence-electron chi connectivity index (χ0n) is 33.1. The largest absolute Gasteiger partial charge is 0.456 e. The van der Waals surface area contributed by atoms with E-state index in [0.717, 1.165) is 13.8 Å². The summed E-state index contributed by atoms with van der Waals surface area (Å²) in [6.07, 6.45) is -9.58. The first kappa shape index (κ1) is 41.2. The summed E-state index contributed by atoms with van der Waals surface area (Å²) in [7, 11) is 0. The predicted molar refractivity (Wildman–Crippen MR) is 200 cm³/mol. The first-order chi connectivity index (χ1) is 27.3. The normalized spacial score (nSPS) is 36.3. The fourth-order valence-corrected chi connectivity index (χ4v) is 9.97. The number of Topliss-reactive ketones (excluding diaryl/α,β-unsaturated/α-hetero) is 1. The van der Waals surface area contributed by atoms with Crippen LogP contribution in [0.15, 0.2) is 71.8 Å². The van der Waals surface area contributed by atoms with Crippen molar-refractivity contribution in [2.24, 2.45) is 22.7 Å². The van der Waals surface area contributed by atoms with Crippen molar-refractivity contribution in [1.82, 2.24) is 5.32 Å². The molecule has 5 aliphatic rings. The molecule has 12 atom stereocenters. The number of carbonyl (C=O) groups excluding carboxylic acids is 6. The number of esters is 4. The fraction of sp³-hybridized carbons (Fsp3) is 0.535. The van der Waals surface area contributed by atoms with Gasteiger partial charge in [0.05, 0.1) is 29.6 Å². The van der Waals surface area contributed by atoms with E-state index in [9.17, 15) is 39.3 Å². The van der Waals surface area contributed by atoms with Gasteiger partial charge in [0.1, 0.15) is 23.9 Å². The highest BCUT2D eigenvalue weighted by Crippen LogP contribution is 2.64. The van der Waals surface area contributed by atoms with Crippen LogP contribution in [0, 0.1) is 22.7 Å². The lowest BCUT2D eigenvalue weighted by Gasteiger charge is -2.67. The highest BCUT2D eigenvalue weighted by Gasteiger charge is 2.78. The van der Waals surface area contributed by atoms with E-state index in [1.165, 1.54) is 19.1 Å². The summed E-state index contributed by atoms with van der Waals surface area (Å²) >= 11 is 0. The average molecular weight is 804 g/mol. The van der Waals surface area contributed by atoms with E-state index in [4.69, 9.17) is 23.7 Å². The van der Waals surface area contributed by atoms with E-state index in [1.807, 2.05) is 0 Å². The molecule has 2 aromatic carbocycles. The van der Waals surface area contributed by atoms with Gasteiger partial charge in [-0.25, -0.2) is 9.59 Å². The van der Waals surface area contributed by atoms with Crippen LogP contribution in [0.2, 0.25) is 0 Å². The number of benzene rings is 2. The minimum Gasteiger partial charge on any atom is -0.456 e. The molecule has 0 spiro atoms. The van der Waals surface area contributed by atoms with E-state index in [0.29, 0.717) is 5.56 Å². The van der Waals surface area contributed by atoms with Crippen molar-refractivity contribution in [3.8, 4) is 0 Å². The molecule has 2 bridgehead atoms. The summed E-state index contributed by atoms with van der Waals surface area (Å²) in [5.74, 6) is -7.06. The van der Waals surface area contributed by atoms with Crippen LogP contribution in [0.5, 0.6) is 0 Å². The third-order valence-corrected chi connectivity index (χ3v) is 13.3. The second-order valence-corrected chi connectivity index (χ2v) is 17.0. The maximum absolute atomic E-state index is 15.3. The fourth-order valence-electron chi connectivity index (χ4n) is 9.97. The lowest BCUT2D eigenvalue weighted by molar-refractivity contribution is -0.346. The van der Waals surface area contributed by atoms with Crippen LogP contribution in [-0.4, -0.2) is 111 Å². The van der Waals surface area contributed by atoms with Gasteiger partial charge in [-0.1, -0.05) is 50.2 Å². The second-order valence-electron chi connectivity index (χ2n) is 17.0. The highest BCUT2D eigenvalue weighted by atomic mass is 16.6. The molecule has 1 amide bonds. The summed E-state index contributed by atoms with van der Waals surface area (Å²) < 4.78 is 30.0. The van der Waals surface area contributed by atoms with Crippen molar-refractivity contribution in [2.75, 3.05) is 6.61 Å². The van der Waals surface area contributed by atoms with Gasteiger partial charge in [0, 0.05) is 49.6 Å². The zero-order chi connectivity index (χ0) is 42.1. The molecule has 1 aliphatic heterocycles. The third-order valence-electron chi connectivity index (χ3n) is 13.3.